The average molecular weight is 427 g/mol. The van der Waals surface area contributed by atoms with Crippen molar-refractivity contribution in [1.29, 1.82) is 5.26 Å². The highest BCUT2D eigenvalue weighted by atomic mass is 16.5. The molecule has 1 aliphatic carbocycles. The van der Waals surface area contributed by atoms with E-state index in [0.717, 1.165) is 25.7 Å². The van der Waals surface area contributed by atoms with Crippen LogP contribution in [0.4, 0.5) is 0 Å². The van der Waals surface area contributed by atoms with Gasteiger partial charge in [-0.25, -0.2) is 0 Å². The lowest BCUT2D eigenvalue weighted by Gasteiger charge is -2.29. The van der Waals surface area contributed by atoms with E-state index in [1.807, 2.05) is 6.07 Å². The molecule has 0 aliphatic heterocycles. The Morgan fingerprint density at radius 1 is 1.25 bits per heavy atom. The molecule has 0 amide bonds. The van der Waals surface area contributed by atoms with E-state index in [4.69, 9.17) is 15.7 Å². The molecule has 0 saturated carbocycles. The smallest absolute Gasteiger partial charge is 0.113 e. The number of nitriles is 1. The summed E-state index contributed by atoms with van der Waals surface area (Å²) in [4.78, 5) is 0. The molecule has 0 heterocycles. The van der Waals surface area contributed by atoms with Gasteiger partial charge in [0.05, 0.1) is 18.2 Å². The van der Waals surface area contributed by atoms with Crippen molar-refractivity contribution in [3.05, 3.63) is 114 Å². The quantitative estimate of drug-likeness (QED) is 0.136. The summed E-state index contributed by atoms with van der Waals surface area (Å²) < 4.78 is 5.51. The standard InChI is InChI=1S/C29H34N2O/c1-24-12-11-17-29(3,22-24)28-15-10-14-26(21-28)13-8-6-4-5-7-9-19-32-25(2)20-27(23-31)16-18-30/h5,7-8,10-16,18,20-22H,2,4,6,9,17,19,30H2,1,3H3/b7-5-,13-8-,18-16-,27-20+. The Bertz CT molecular complexity index is 998. The SMILES string of the molecule is C=C(/C=C(C#N)\C=C/N)OCC/C=C\CC/C=C\c1cccc(C2(C)C=C(C)C=CC2)c1. The Kier molecular flexibility index (Phi) is 10.1. The van der Waals surface area contributed by atoms with Gasteiger partial charge in [-0.1, -0.05) is 85.9 Å². The molecule has 3 nitrogen and oxygen atoms in total. The van der Waals surface area contributed by atoms with E-state index in [9.17, 15) is 0 Å². The average Bonchev–Trinajstić information content (AvgIpc) is 2.77. The van der Waals surface area contributed by atoms with E-state index in [-0.39, 0.29) is 5.41 Å². The van der Waals surface area contributed by atoms with Gasteiger partial charge in [-0.05, 0) is 62.1 Å². The maximum absolute atomic E-state index is 8.94. The van der Waals surface area contributed by atoms with Crippen LogP contribution in [0.25, 0.3) is 6.08 Å². The lowest BCUT2D eigenvalue weighted by Crippen LogP contribution is -2.20. The molecule has 0 saturated heterocycles. The second-order valence-corrected chi connectivity index (χ2v) is 8.16. The number of hydrogen-bond donors (Lipinski definition) is 1. The molecule has 1 atom stereocenters. The monoisotopic (exact) mass is 426 g/mol. The molecule has 2 N–H and O–H groups in total. The van der Waals surface area contributed by atoms with Gasteiger partial charge in [0.2, 0.25) is 0 Å². The van der Waals surface area contributed by atoms with Gasteiger partial charge >= 0.3 is 0 Å². The molecule has 2 rings (SSSR count). The maximum Gasteiger partial charge on any atom is 0.113 e. The summed E-state index contributed by atoms with van der Waals surface area (Å²) >= 11 is 0. The van der Waals surface area contributed by atoms with E-state index in [1.165, 1.54) is 29.0 Å². The highest BCUT2D eigenvalue weighted by Crippen LogP contribution is 2.34. The zero-order valence-corrected chi connectivity index (χ0v) is 19.3. The first-order valence-corrected chi connectivity index (χ1v) is 11.1. The minimum atomic E-state index is 0.0753. The predicted octanol–water partition coefficient (Wildman–Crippen LogP) is 7.04. The first kappa shape index (κ1) is 24.8. The molecule has 0 bridgehead atoms. The molecule has 0 aromatic heterocycles. The van der Waals surface area contributed by atoms with Crippen LogP contribution in [0.2, 0.25) is 0 Å². The van der Waals surface area contributed by atoms with Crippen molar-refractivity contribution in [3.8, 4) is 6.07 Å². The topological polar surface area (TPSA) is 59.0 Å². The Balaban J connectivity index is 1.73. The predicted molar refractivity (Wildman–Crippen MR) is 135 cm³/mol. The van der Waals surface area contributed by atoms with E-state index >= 15 is 0 Å². The highest BCUT2D eigenvalue weighted by Gasteiger charge is 2.24. The number of allylic oxidation sites excluding steroid dienone is 9. The van der Waals surface area contributed by atoms with Crippen molar-refractivity contribution in [3.63, 3.8) is 0 Å². The molecular weight excluding hydrogens is 392 g/mol. The number of rotatable bonds is 11. The highest BCUT2D eigenvalue weighted by molar-refractivity contribution is 5.52. The molecule has 0 radical (unpaired) electrons. The Labute approximate surface area is 193 Å². The largest absolute Gasteiger partial charge is 0.494 e. The molecule has 1 aliphatic rings. The molecular formula is C29H34N2O. The van der Waals surface area contributed by atoms with E-state index in [2.05, 4.69) is 87.2 Å². The number of nitrogens with zero attached hydrogens (tertiary/aromatic N) is 1. The molecule has 1 aromatic carbocycles. The summed E-state index contributed by atoms with van der Waals surface area (Å²) in [7, 11) is 0. The molecule has 32 heavy (non-hydrogen) atoms. The van der Waals surface area contributed by atoms with E-state index in [0.29, 0.717) is 17.9 Å². The summed E-state index contributed by atoms with van der Waals surface area (Å²) in [5.41, 5.74) is 9.72. The minimum absolute atomic E-state index is 0.0753. The second kappa shape index (κ2) is 13.0. The van der Waals surface area contributed by atoms with Crippen LogP contribution >= 0.6 is 0 Å². The zero-order chi connectivity index (χ0) is 23.2. The van der Waals surface area contributed by atoms with Crippen LogP contribution in [0, 0.1) is 11.3 Å². The third-order valence-corrected chi connectivity index (χ3v) is 5.29. The van der Waals surface area contributed by atoms with Crippen molar-refractivity contribution < 1.29 is 4.74 Å². The lowest BCUT2D eigenvalue weighted by atomic mass is 9.75. The summed E-state index contributed by atoms with van der Waals surface area (Å²) in [6.45, 7) is 8.79. The van der Waals surface area contributed by atoms with Gasteiger partial charge in [-0.2, -0.15) is 5.26 Å². The third-order valence-electron chi connectivity index (χ3n) is 5.29. The summed E-state index contributed by atoms with van der Waals surface area (Å²) in [5.74, 6) is 0.460. The van der Waals surface area contributed by atoms with Crippen molar-refractivity contribution in [2.45, 2.75) is 44.9 Å². The summed E-state index contributed by atoms with van der Waals surface area (Å²) in [5, 5.41) is 8.94. The Morgan fingerprint density at radius 2 is 2.03 bits per heavy atom. The Morgan fingerprint density at radius 3 is 2.78 bits per heavy atom. The fraction of sp³-hybridized carbons (Fsp3) is 0.276. The fourth-order valence-electron chi connectivity index (χ4n) is 3.64. The maximum atomic E-state index is 8.94. The second-order valence-electron chi connectivity index (χ2n) is 8.16. The van der Waals surface area contributed by atoms with Crippen molar-refractivity contribution in [1.82, 2.24) is 0 Å². The number of benzene rings is 1. The van der Waals surface area contributed by atoms with Gasteiger partial charge in [0.25, 0.3) is 0 Å². The van der Waals surface area contributed by atoms with Crippen LogP contribution in [0.1, 0.15) is 50.7 Å². The van der Waals surface area contributed by atoms with Gasteiger partial charge in [0.15, 0.2) is 0 Å². The van der Waals surface area contributed by atoms with E-state index in [1.54, 1.807) is 6.08 Å². The summed E-state index contributed by atoms with van der Waals surface area (Å²) in [6.07, 6.45) is 23.8. The van der Waals surface area contributed by atoms with Crippen LogP contribution < -0.4 is 5.73 Å². The van der Waals surface area contributed by atoms with Crippen LogP contribution in [-0.4, -0.2) is 6.61 Å². The van der Waals surface area contributed by atoms with Gasteiger partial charge in [0, 0.05) is 5.41 Å². The van der Waals surface area contributed by atoms with Gasteiger partial charge in [0.1, 0.15) is 5.76 Å². The molecule has 0 fully saturated rings. The van der Waals surface area contributed by atoms with Crippen molar-refractivity contribution in [2.24, 2.45) is 5.73 Å². The zero-order valence-electron chi connectivity index (χ0n) is 19.3. The number of hydrogen-bond acceptors (Lipinski definition) is 3. The first-order chi connectivity index (χ1) is 15.5. The minimum Gasteiger partial charge on any atom is -0.494 e. The molecule has 3 heteroatoms. The van der Waals surface area contributed by atoms with Gasteiger partial charge in [-0.15, -0.1) is 0 Å². The number of nitrogens with two attached hydrogens (primary N) is 1. The van der Waals surface area contributed by atoms with Crippen molar-refractivity contribution >= 4 is 6.08 Å². The lowest BCUT2D eigenvalue weighted by molar-refractivity contribution is 0.232. The fourth-order valence-corrected chi connectivity index (χ4v) is 3.64. The van der Waals surface area contributed by atoms with Crippen LogP contribution in [0.5, 0.6) is 0 Å². The van der Waals surface area contributed by atoms with Crippen LogP contribution in [0.15, 0.2) is 103 Å². The van der Waals surface area contributed by atoms with Gasteiger partial charge in [-0.3, -0.25) is 0 Å². The van der Waals surface area contributed by atoms with Crippen LogP contribution in [-0.2, 0) is 10.2 Å². The molecule has 1 aromatic rings. The van der Waals surface area contributed by atoms with Crippen molar-refractivity contribution in [2.75, 3.05) is 6.61 Å². The molecule has 0 spiro atoms. The number of ether oxygens (including phenoxy) is 1. The first-order valence-electron chi connectivity index (χ1n) is 11.1. The third kappa shape index (κ3) is 8.32. The van der Waals surface area contributed by atoms with Gasteiger partial charge < -0.3 is 10.5 Å². The molecule has 166 valence electrons. The van der Waals surface area contributed by atoms with E-state index < -0.39 is 0 Å². The Hall–Kier alpha value is -3.51. The molecule has 1 unspecified atom stereocenters. The normalized spacial score (nSPS) is 18.9. The van der Waals surface area contributed by atoms with Crippen LogP contribution in [0.3, 0.4) is 0 Å². The number of unbranched alkanes of at least 4 members (excludes halogenated alkanes) is 1. The summed E-state index contributed by atoms with van der Waals surface area (Å²) in [6, 6.07) is 10.9.